The van der Waals surface area contributed by atoms with Crippen LogP contribution in [-0.2, 0) is 9.53 Å². The van der Waals surface area contributed by atoms with E-state index in [1.807, 2.05) is 18.7 Å². The second-order valence-corrected chi connectivity index (χ2v) is 7.89. The molecule has 0 aliphatic carbocycles. The van der Waals surface area contributed by atoms with Crippen molar-refractivity contribution >= 4 is 11.6 Å². The molecule has 3 rings (SSSR count). The van der Waals surface area contributed by atoms with E-state index in [-0.39, 0.29) is 24.2 Å². The van der Waals surface area contributed by atoms with Gasteiger partial charge in [-0.2, -0.15) is 0 Å². The second kappa shape index (κ2) is 8.40. The van der Waals surface area contributed by atoms with Gasteiger partial charge < -0.3 is 14.5 Å². The Bertz CT molecular complexity index is 576. The zero-order valence-corrected chi connectivity index (χ0v) is 16.6. The van der Waals surface area contributed by atoms with Crippen LogP contribution < -0.4 is 4.90 Å². The summed E-state index contributed by atoms with van der Waals surface area (Å²) in [5.74, 6) is 0.252. The van der Waals surface area contributed by atoms with Gasteiger partial charge in [-0.25, -0.2) is 0 Å². The molecule has 0 radical (unpaired) electrons. The van der Waals surface area contributed by atoms with E-state index >= 15 is 0 Å². The first-order valence-corrected chi connectivity index (χ1v) is 9.92. The first-order valence-electron chi connectivity index (χ1n) is 9.92. The average Bonchev–Trinajstić information content (AvgIpc) is 2.66. The average molecular weight is 360 g/mol. The lowest BCUT2D eigenvalue weighted by Gasteiger charge is -2.42. The fraction of sp³-hybridized carbons (Fsp3) is 0.667. The number of ether oxygens (including phenoxy) is 1. The largest absolute Gasteiger partial charge is 0.372 e. The number of rotatable bonds is 4. The van der Waals surface area contributed by atoms with Gasteiger partial charge in [0.1, 0.15) is 0 Å². The Morgan fingerprint density at radius 2 is 1.69 bits per heavy atom. The van der Waals surface area contributed by atoms with Gasteiger partial charge in [0.05, 0.1) is 18.2 Å². The van der Waals surface area contributed by atoms with Crippen molar-refractivity contribution in [3.8, 4) is 0 Å². The molecule has 0 unspecified atom stereocenters. The number of para-hydroxylation sites is 1. The lowest BCUT2D eigenvalue weighted by molar-refractivity contribution is -0.148. The number of hydrogen-bond donors (Lipinski definition) is 0. The molecule has 26 heavy (non-hydrogen) atoms. The number of anilines is 1. The topological polar surface area (TPSA) is 36.0 Å². The van der Waals surface area contributed by atoms with Crippen molar-refractivity contribution in [1.82, 2.24) is 9.80 Å². The number of benzene rings is 1. The highest BCUT2D eigenvalue weighted by Crippen LogP contribution is 2.23. The second-order valence-electron chi connectivity index (χ2n) is 7.89. The van der Waals surface area contributed by atoms with Crippen LogP contribution in [0, 0.1) is 0 Å². The molecule has 2 aliphatic rings. The number of nitrogens with zero attached hydrogens (tertiary/aromatic N) is 3. The molecule has 2 aliphatic heterocycles. The molecular formula is C21H33N3O2. The third-order valence-corrected chi connectivity index (χ3v) is 5.85. The van der Waals surface area contributed by atoms with E-state index in [0.29, 0.717) is 19.1 Å². The normalized spacial score (nSPS) is 26.5. The number of morpholine rings is 1. The maximum absolute atomic E-state index is 12.9. The number of carbonyl (C=O) groups is 1. The number of piperidine rings is 1. The summed E-state index contributed by atoms with van der Waals surface area (Å²) >= 11 is 0. The van der Waals surface area contributed by atoms with Gasteiger partial charge in [-0.15, -0.1) is 0 Å². The Balaban J connectivity index is 1.53. The molecular weight excluding hydrogens is 326 g/mol. The fourth-order valence-corrected chi connectivity index (χ4v) is 4.31. The van der Waals surface area contributed by atoms with Gasteiger partial charge in [0, 0.05) is 45.0 Å². The smallest absolute Gasteiger partial charge is 0.239 e. The van der Waals surface area contributed by atoms with Crippen LogP contribution in [0.5, 0.6) is 0 Å². The van der Waals surface area contributed by atoms with E-state index in [0.717, 1.165) is 25.9 Å². The van der Waals surface area contributed by atoms with Crippen LogP contribution in [0.1, 0.15) is 33.6 Å². The van der Waals surface area contributed by atoms with Gasteiger partial charge in [0.25, 0.3) is 0 Å². The quantitative estimate of drug-likeness (QED) is 0.828. The molecule has 0 aromatic heterocycles. The van der Waals surface area contributed by atoms with E-state index in [9.17, 15) is 4.79 Å². The molecule has 0 spiro atoms. The van der Waals surface area contributed by atoms with Gasteiger partial charge in [0.15, 0.2) is 0 Å². The third kappa shape index (κ3) is 4.38. The summed E-state index contributed by atoms with van der Waals surface area (Å²) in [5.41, 5.74) is 1.27. The Labute approximate surface area is 157 Å². The van der Waals surface area contributed by atoms with Crippen LogP contribution in [0.2, 0.25) is 0 Å². The van der Waals surface area contributed by atoms with Crippen molar-refractivity contribution in [2.24, 2.45) is 0 Å². The SMILES string of the molecule is C[C@@H]1CN(C(=O)[C@@H](C)N2CCC(N(C)c3ccccc3)CC2)C[C@@H](C)O1. The minimum absolute atomic E-state index is 0.0459. The number of carbonyl (C=O) groups excluding carboxylic acids is 1. The Hall–Kier alpha value is -1.59. The highest BCUT2D eigenvalue weighted by atomic mass is 16.5. The van der Waals surface area contributed by atoms with Gasteiger partial charge in [-0.3, -0.25) is 9.69 Å². The van der Waals surface area contributed by atoms with Crippen LogP contribution in [0.4, 0.5) is 5.69 Å². The van der Waals surface area contributed by atoms with Crippen LogP contribution in [0.25, 0.3) is 0 Å². The maximum Gasteiger partial charge on any atom is 0.239 e. The molecule has 1 amide bonds. The van der Waals surface area contributed by atoms with E-state index in [2.05, 4.69) is 54.1 Å². The van der Waals surface area contributed by atoms with Crippen molar-refractivity contribution in [3.63, 3.8) is 0 Å². The van der Waals surface area contributed by atoms with Crippen molar-refractivity contribution in [2.75, 3.05) is 38.1 Å². The van der Waals surface area contributed by atoms with Gasteiger partial charge in [-0.05, 0) is 45.7 Å². The molecule has 1 aromatic rings. The molecule has 5 nitrogen and oxygen atoms in total. The first-order chi connectivity index (χ1) is 12.5. The summed E-state index contributed by atoms with van der Waals surface area (Å²) in [5, 5.41) is 0. The van der Waals surface area contributed by atoms with E-state index < -0.39 is 0 Å². The van der Waals surface area contributed by atoms with E-state index in [1.165, 1.54) is 5.69 Å². The predicted octanol–water partition coefficient (Wildman–Crippen LogP) is 2.61. The van der Waals surface area contributed by atoms with Crippen LogP contribution >= 0.6 is 0 Å². The molecule has 0 saturated carbocycles. The van der Waals surface area contributed by atoms with Crippen LogP contribution in [-0.4, -0.2) is 73.2 Å². The Kier molecular flexibility index (Phi) is 6.20. The van der Waals surface area contributed by atoms with Gasteiger partial charge >= 0.3 is 0 Å². The molecule has 2 heterocycles. The molecule has 0 N–H and O–H groups in total. The zero-order chi connectivity index (χ0) is 18.7. The van der Waals surface area contributed by atoms with E-state index in [1.54, 1.807) is 0 Å². The zero-order valence-electron chi connectivity index (χ0n) is 16.6. The summed E-state index contributed by atoms with van der Waals surface area (Å²) in [4.78, 5) is 19.7. The molecule has 5 heteroatoms. The molecule has 0 bridgehead atoms. The molecule has 2 fully saturated rings. The van der Waals surface area contributed by atoms with Crippen molar-refractivity contribution in [3.05, 3.63) is 30.3 Å². The highest BCUT2D eigenvalue weighted by Gasteiger charge is 2.33. The van der Waals surface area contributed by atoms with Crippen molar-refractivity contribution in [2.45, 2.75) is 57.9 Å². The van der Waals surface area contributed by atoms with Gasteiger partial charge in [0.2, 0.25) is 5.91 Å². The minimum atomic E-state index is -0.0459. The fourth-order valence-electron chi connectivity index (χ4n) is 4.31. The molecule has 144 valence electrons. The summed E-state index contributed by atoms with van der Waals surface area (Å²) in [6, 6.07) is 11.1. The summed E-state index contributed by atoms with van der Waals surface area (Å²) in [6.07, 6.45) is 2.44. The predicted molar refractivity (Wildman–Crippen MR) is 105 cm³/mol. The lowest BCUT2D eigenvalue weighted by Crippen LogP contribution is -2.56. The summed E-state index contributed by atoms with van der Waals surface area (Å²) < 4.78 is 5.76. The van der Waals surface area contributed by atoms with Crippen molar-refractivity contribution < 1.29 is 9.53 Å². The number of amides is 1. The summed E-state index contributed by atoms with van der Waals surface area (Å²) in [7, 11) is 2.18. The Morgan fingerprint density at radius 1 is 1.12 bits per heavy atom. The van der Waals surface area contributed by atoms with Crippen LogP contribution in [0.15, 0.2) is 30.3 Å². The third-order valence-electron chi connectivity index (χ3n) is 5.85. The molecule has 2 saturated heterocycles. The highest BCUT2D eigenvalue weighted by molar-refractivity contribution is 5.81. The van der Waals surface area contributed by atoms with E-state index in [4.69, 9.17) is 4.74 Å². The minimum Gasteiger partial charge on any atom is -0.372 e. The maximum atomic E-state index is 12.9. The molecule has 1 aromatic carbocycles. The Morgan fingerprint density at radius 3 is 2.27 bits per heavy atom. The summed E-state index contributed by atoms with van der Waals surface area (Å²) in [6.45, 7) is 9.53. The number of hydrogen-bond acceptors (Lipinski definition) is 4. The molecule has 3 atom stereocenters. The lowest BCUT2D eigenvalue weighted by atomic mass is 10.0. The standard InChI is InChI=1S/C21H33N3O2/c1-16-14-24(15-17(2)26-16)21(25)18(3)23-12-10-20(11-13-23)22(4)19-8-6-5-7-9-19/h5-9,16-18,20H,10-15H2,1-4H3/t16-,17-,18-/m1/s1. The van der Waals surface area contributed by atoms with Gasteiger partial charge in [-0.1, -0.05) is 18.2 Å². The van der Waals surface area contributed by atoms with Crippen molar-refractivity contribution in [1.29, 1.82) is 0 Å². The number of likely N-dealkylation sites (tertiary alicyclic amines) is 1. The van der Waals surface area contributed by atoms with Crippen LogP contribution in [0.3, 0.4) is 0 Å². The first kappa shape index (κ1) is 19.2. The monoisotopic (exact) mass is 359 g/mol.